The van der Waals surface area contributed by atoms with Gasteiger partial charge in [-0.3, -0.25) is 14.5 Å². The van der Waals surface area contributed by atoms with Crippen LogP contribution in [0.2, 0.25) is 0 Å². The second-order valence-corrected chi connectivity index (χ2v) is 6.08. The molecule has 8 heteroatoms. The molecular weight excluding hydrogens is 419 g/mol. The van der Waals surface area contributed by atoms with Gasteiger partial charge in [0.25, 0.3) is 5.91 Å². The summed E-state index contributed by atoms with van der Waals surface area (Å²) in [4.78, 5) is 26.5. The highest BCUT2D eigenvalue weighted by Gasteiger charge is 2.36. The number of thiocarbonyl (C=S) groups is 1. The number of methoxy groups -OCH3 is 1. The molecule has 0 aromatic heterocycles. The minimum absolute atomic E-state index is 0.177. The number of carbonyl (C=O) groups is 2. The Balaban J connectivity index is 2.32. The van der Waals surface area contributed by atoms with E-state index in [0.29, 0.717) is 9.27 Å². The summed E-state index contributed by atoms with van der Waals surface area (Å²) in [5.41, 5.74) is 1.11. The summed E-state index contributed by atoms with van der Waals surface area (Å²) in [6.45, 7) is -0.219. The van der Waals surface area contributed by atoms with Crippen LogP contribution in [-0.2, 0) is 14.3 Å². The van der Waals surface area contributed by atoms with Gasteiger partial charge in [-0.05, 0) is 58.6 Å². The van der Waals surface area contributed by atoms with Gasteiger partial charge in [-0.1, -0.05) is 6.07 Å². The lowest BCUT2D eigenvalue weighted by Crippen LogP contribution is -2.36. The number of likely N-dealkylation sites (N-methyl/N-ethyl adjacent to an activating group) is 1. The summed E-state index contributed by atoms with van der Waals surface area (Å²) < 4.78 is 5.24. The summed E-state index contributed by atoms with van der Waals surface area (Å²) in [5.74, 6) is -0.720. The number of phenols is 1. The Hall–Kier alpha value is -1.68. The molecule has 1 N–H and O–H groups in total. The molecule has 1 aliphatic heterocycles. The van der Waals surface area contributed by atoms with Crippen LogP contribution in [0.5, 0.6) is 5.75 Å². The monoisotopic (exact) mass is 432 g/mol. The van der Waals surface area contributed by atoms with Gasteiger partial charge in [-0.15, -0.1) is 0 Å². The van der Waals surface area contributed by atoms with Crippen LogP contribution in [0.25, 0.3) is 6.08 Å². The van der Waals surface area contributed by atoms with E-state index in [9.17, 15) is 14.7 Å². The van der Waals surface area contributed by atoms with Crippen molar-refractivity contribution in [3.05, 3.63) is 33.0 Å². The van der Waals surface area contributed by atoms with Crippen molar-refractivity contribution in [2.75, 3.05) is 20.7 Å². The van der Waals surface area contributed by atoms with Gasteiger partial charge in [0.1, 0.15) is 18.0 Å². The van der Waals surface area contributed by atoms with E-state index < -0.39 is 5.97 Å². The molecule has 0 unspecified atom stereocenters. The summed E-state index contributed by atoms with van der Waals surface area (Å²) >= 11 is 7.19. The Morgan fingerprint density at radius 2 is 2.18 bits per heavy atom. The first-order chi connectivity index (χ1) is 10.3. The average Bonchev–Trinajstić information content (AvgIpc) is 2.68. The van der Waals surface area contributed by atoms with Gasteiger partial charge in [0.05, 0.1) is 10.7 Å². The smallest absolute Gasteiger partial charge is 0.325 e. The number of ether oxygens (including phenoxy) is 1. The normalized spacial score (nSPS) is 16.6. The molecule has 1 aliphatic rings. The first kappa shape index (κ1) is 16.7. The van der Waals surface area contributed by atoms with E-state index in [-0.39, 0.29) is 23.3 Å². The van der Waals surface area contributed by atoms with Crippen molar-refractivity contribution in [2.24, 2.45) is 0 Å². The standard InChI is InChI=1S/C14H13IN2O4S/c1-16-10(6-8-3-4-11(18)9(15)5-8)13(20)17(14(16)22)7-12(19)21-2/h3-6,18H,7H2,1-2H3/b10-6-. The van der Waals surface area contributed by atoms with Gasteiger partial charge in [-0.25, -0.2) is 0 Å². The molecule has 1 aromatic carbocycles. The molecule has 1 fully saturated rings. The minimum Gasteiger partial charge on any atom is -0.507 e. The molecule has 1 heterocycles. The number of hydrogen-bond acceptors (Lipinski definition) is 5. The molecule has 0 saturated carbocycles. The fourth-order valence-corrected chi connectivity index (χ4v) is 2.70. The Kier molecular flexibility index (Phi) is 5.01. The van der Waals surface area contributed by atoms with Gasteiger partial charge in [-0.2, -0.15) is 0 Å². The van der Waals surface area contributed by atoms with Crippen LogP contribution in [-0.4, -0.2) is 52.6 Å². The zero-order valence-electron chi connectivity index (χ0n) is 11.9. The molecule has 0 radical (unpaired) electrons. The van der Waals surface area contributed by atoms with Gasteiger partial charge in [0.2, 0.25) is 0 Å². The molecule has 1 saturated heterocycles. The lowest BCUT2D eigenvalue weighted by atomic mass is 10.2. The molecular formula is C14H13IN2O4S. The number of rotatable bonds is 3. The Morgan fingerprint density at radius 1 is 1.50 bits per heavy atom. The van der Waals surface area contributed by atoms with E-state index in [4.69, 9.17) is 12.2 Å². The highest BCUT2D eigenvalue weighted by Crippen LogP contribution is 2.25. The predicted molar refractivity (Wildman–Crippen MR) is 92.9 cm³/mol. The van der Waals surface area contributed by atoms with Crippen molar-refractivity contribution < 1.29 is 19.4 Å². The fourth-order valence-electron chi connectivity index (χ4n) is 1.92. The third-order valence-corrected chi connectivity index (χ3v) is 4.49. The quantitative estimate of drug-likeness (QED) is 0.339. The molecule has 0 atom stereocenters. The van der Waals surface area contributed by atoms with Crippen molar-refractivity contribution in [3.63, 3.8) is 0 Å². The lowest BCUT2D eigenvalue weighted by Gasteiger charge is -2.14. The average molecular weight is 432 g/mol. The van der Waals surface area contributed by atoms with Gasteiger partial charge in [0, 0.05) is 7.05 Å². The molecule has 1 aromatic rings. The number of benzene rings is 1. The first-order valence-corrected chi connectivity index (χ1v) is 7.70. The molecule has 1 amide bonds. The molecule has 116 valence electrons. The molecule has 0 bridgehead atoms. The van der Waals surface area contributed by atoms with Crippen LogP contribution in [0.4, 0.5) is 0 Å². The van der Waals surface area contributed by atoms with Gasteiger partial charge >= 0.3 is 5.97 Å². The predicted octanol–water partition coefficient (Wildman–Crippen LogP) is 1.57. The van der Waals surface area contributed by atoms with Crippen LogP contribution < -0.4 is 0 Å². The highest BCUT2D eigenvalue weighted by atomic mass is 127. The molecule has 0 aliphatic carbocycles. The summed E-state index contributed by atoms with van der Waals surface area (Å²) in [5, 5.41) is 9.78. The van der Waals surface area contributed by atoms with Crippen molar-refractivity contribution in [2.45, 2.75) is 0 Å². The topological polar surface area (TPSA) is 70.1 Å². The fraction of sp³-hybridized carbons (Fsp3) is 0.214. The number of phenolic OH excluding ortho intramolecular Hbond substituents is 1. The van der Waals surface area contributed by atoms with Crippen molar-refractivity contribution in [3.8, 4) is 5.75 Å². The van der Waals surface area contributed by atoms with Crippen molar-refractivity contribution in [1.82, 2.24) is 9.80 Å². The largest absolute Gasteiger partial charge is 0.507 e. The van der Waals surface area contributed by atoms with Crippen molar-refractivity contribution in [1.29, 1.82) is 0 Å². The minimum atomic E-state index is -0.537. The summed E-state index contributed by atoms with van der Waals surface area (Å²) in [7, 11) is 2.92. The second kappa shape index (κ2) is 6.61. The first-order valence-electron chi connectivity index (χ1n) is 6.21. The number of nitrogens with zero attached hydrogens (tertiary/aromatic N) is 2. The highest BCUT2D eigenvalue weighted by molar-refractivity contribution is 14.1. The Morgan fingerprint density at radius 3 is 2.77 bits per heavy atom. The number of esters is 1. The zero-order valence-corrected chi connectivity index (χ0v) is 14.8. The number of carbonyl (C=O) groups excluding carboxylic acids is 2. The summed E-state index contributed by atoms with van der Waals surface area (Å²) in [6.07, 6.45) is 1.66. The number of aromatic hydroxyl groups is 1. The lowest BCUT2D eigenvalue weighted by molar-refractivity contribution is -0.143. The maximum atomic E-state index is 12.4. The second-order valence-electron chi connectivity index (χ2n) is 4.55. The van der Waals surface area contributed by atoms with Gasteiger partial charge < -0.3 is 14.7 Å². The molecule has 22 heavy (non-hydrogen) atoms. The number of halogens is 1. The molecule has 2 rings (SSSR count). The Bertz CT molecular complexity index is 689. The van der Waals surface area contributed by atoms with Crippen LogP contribution in [0.15, 0.2) is 23.9 Å². The molecule has 6 nitrogen and oxygen atoms in total. The summed E-state index contributed by atoms with van der Waals surface area (Å²) in [6, 6.07) is 4.99. The maximum Gasteiger partial charge on any atom is 0.325 e. The van der Waals surface area contributed by atoms with E-state index in [1.54, 1.807) is 36.2 Å². The molecule has 0 spiro atoms. The number of amides is 1. The maximum absolute atomic E-state index is 12.4. The van der Waals surface area contributed by atoms with E-state index >= 15 is 0 Å². The third-order valence-electron chi connectivity index (χ3n) is 3.13. The zero-order chi connectivity index (χ0) is 16.4. The van der Waals surface area contributed by atoms with Gasteiger partial charge in [0.15, 0.2) is 5.11 Å². The third kappa shape index (κ3) is 3.22. The van der Waals surface area contributed by atoms with E-state index in [1.807, 2.05) is 22.6 Å². The van der Waals surface area contributed by atoms with E-state index in [2.05, 4.69) is 4.74 Å². The van der Waals surface area contributed by atoms with Crippen LogP contribution in [0, 0.1) is 3.57 Å². The SMILES string of the molecule is COC(=O)CN1C(=O)/C(=C/c2ccc(O)c(I)c2)N(C)C1=S. The van der Waals surface area contributed by atoms with Crippen LogP contribution in [0.3, 0.4) is 0 Å². The van der Waals surface area contributed by atoms with Crippen LogP contribution >= 0.6 is 34.8 Å². The number of hydrogen-bond donors (Lipinski definition) is 1. The van der Waals surface area contributed by atoms with Crippen molar-refractivity contribution >= 4 is 57.9 Å². The van der Waals surface area contributed by atoms with E-state index in [1.165, 1.54) is 12.0 Å². The Labute approximate surface area is 146 Å². The van der Waals surface area contributed by atoms with Crippen LogP contribution in [0.1, 0.15) is 5.56 Å². The van der Waals surface area contributed by atoms with E-state index in [0.717, 1.165) is 5.56 Å².